The van der Waals surface area contributed by atoms with Crippen LogP contribution in [0.3, 0.4) is 0 Å². The lowest BCUT2D eigenvalue weighted by atomic mass is 9.92. The molecule has 2 atom stereocenters. The number of hydrogen-bond acceptors (Lipinski definition) is 4. The number of hydrogen-bond donors (Lipinski definition) is 0. The zero-order valence-corrected chi connectivity index (χ0v) is 14.9. The fraction of sp³-hybridized carbons (Fsp3) is 0.667. The van der Waals surface area contributed by atoms with E-state index < -0.39 is 17.2 Å². The van der Waals surface area contributed by atoms with Gasteiger partial charge in [-0.1, -0.05) is 27.0 Å². The van der Waals surface area contributed by atoms with Crippen LogP contribution in [0.5, 0.6) is 0 Å². The summed E-state index contributed by atoms with van der Waals surface area (Å²) in [6.45, 7) is 18.4. The predicted molar refractivity (Wildman–Crippen MR) is 88.7 cm³/mol. The highest BCUT2D eigenvalue weighted by Gasteiger charge is 2.34. The van der Waals surface area contributed by atoms with Crippen LogP contribution in [0.25, 0.3) is 0 Å². The van der Waals surface area contributed by atoms with E-state index in [9.17, 15) is 9.59 Å². The first-order chi connectivity index (χ1) is 10.0. The maximum absolute atomic E-state index is 12.2. The van der Waals surface area contributed by atoms with E-state index in [0.29, 0.717) is 37.0 Å². The topological polar surface area (TPSA) is 52.6 Å². The van der Waals surface area contributed by atoms with Crippen molar-refractivity contribution in [3.8, 4) is 0 Å². The minimum atomic E-state index is -0.876. The zero-order valence-electron chi connectivity index (χ0n) is 14.9. The van der Waals surface area contributed by atoms with Gasteiger partial charge in [0.2, 0.25) is 0 Å². The highest BCUT2D eigenvalue weighted by atomic mass is 16.6. The molecule has 0 aliphatic carbocycles. The Morgan fingerprint density at radius 1 is 1.00 bits per heavy atom. The van der Waals surface area contributed by atoms with Crippen LogP contribution in [-0.4, -0.2) is 29.6 Å². The number of Topliss-reactive ketones (excluding diaryl/α,β-unsaturated/α-hetero) is 1. The molecule has 0 spiro atoms. The summed E-state index contributed by atoms with van der Waals surface area (Å²) in [4.78, 5) is 23.9. The van der Waals surface area contributed by atoms with Gasteiger partial charge >= 0.3 is 5.97 Å². The van der Waals surface area contributed by atoms with Crippen LogP contribution in [0.15, 0.2) is 24.3 Å². The lowest BCUT2D eigenvalue weighted by molar-refractivity contribution is -0.158. The van der Waals surface area contributed by atoms with Crippen LogP contribution in [0.1, 0.15) is 60.8 Å². The molecule has 126 valence electrons. The second-order valence-corrected chi connectivity index (χ2v) is 6.27. The van der Waals surface area contributed by atoms with Gasteiger partial charge in [0, 0.05) is 12.0 Å². The third kappa shape index (κ3) is 5.76. The van der Waals surface area contributed by atoms with Gasteiger partial charge in [-0.3, -0.25) is 4.79 Å². The van der Waals surface area contributed by atoms with Gasteiger partial charge in [0.15, 0.2) is 5.78 Å². The van der Waals surface area contributed by atoms with Gasteiger partial charge in [-0.2, -0.15) is 0 Å². The van der Waals surface area contributed by atoms with Gasteiger partial charge in [0.25, 0.3) is 0 Å². The van der Waals surface area contributed by atoms with E-state index in [1.165, 1.54) is 0 Å². The second-order valence-electron chi connectivity index (χ2n) is 6.27. The lowest BCUT2D eigenvalue weighted by Gasteiger charge is -2.32. The summed E-state index contributed by atoms with van der Waals surface area (Å²) in [5.74, 6) is -0.493. The summed E-state index contributed by atoms with van der Waals surface area (Å²) < 4.78 is 11.3. The highest BCUT2D eigenvalue weighted by molar-refractivity contribution is 6.00. The standard InChI is InChI=1S/C18H30O4/c1-9-17(7,22-16(20)14(5)6)11-12-21-18(8,10-2)15(19)13(3)4/h3,5,9-12H2,1-2,4,6-8H3. The number of ketones is 1. The van der Waals surface area contributed by atoms with Crippen molar-refractivity contribution in [1.29, 1.82) is 0 Å². The van der Waals surface area contributed by atoms with Crippen molar-refractivity contribution in [3.05, 3.63) is 24.3 Å². The molecular weight excluding hydrogens is 280 g/mol. The minimum absolute atomic E-state index is 0.0906. The van der Waals surface area contributed by atoms with E-state index in [4.69, 9.17) is 9.47 Å². The third-order valence-corrected chi connectivity index (χ3v) is 4.03. The van der Waals surface area contributed by atoms with Crippen LogP contribution in [0.4, 0.5) is 0 Å². The van der Waals surface area contributed by atoms with Crippen molar-refractivity contribution >= 4 is 11.8 Å². The Labute approximate surface area is 134 Å². The molecular formula is C18H30O4. The van der Waals surface area contributed by atoms with Crippen molar-refractivity contribution < 1.29 is 19.1 Å². The average Bonchev–Trinajstić information content (AvgIpc) is 2.45. The summed E-state index contributed by atoms with van der Waals surface area (Å²) >= 11 is 0. The van der Waals surface area contributed by atoms with E-state index in [2.05, 4.69) is 13.2 Å². The molecule has 2 unspecified atom stereocenters. The fourth-order valence-corrected chi connectivity index (χ4v) is 1.88. The molecule has 0 saturated carbocycles. The summed E-state index contributed by atoms with van der Waals surface area (Å²) in [6.07, 6.45) is 1.74. The van der Waals surface area contributed by atoms with Crippen LogP contribution in [0, 0.1) is 0 Å². The molecule has 0 aromatic rings. The third-order valence-electron chi connectivity index (χ3n) is 4.03. The van der Waals surface area contributed by atoms with Gasteiger partial charge in [-0.05, 0) is 46.1 Å². The molecule has 0 heterocycles. The second kappa shape index (κ2) is 8.28. The Balaban J connectivity index is 4.75. The summed E-state index contributed by atoms with van der Waals surface area (Å²) in [7, 11) is 0. The largest absolute Gasteiger partial charge is 0.456 e. The molecule has 0 amide bonds. The van der Waals surface area contributed by atoms with Gasteiger partial charge in [-0.15, -0.1) is 0 Å². The fourth-order valence-electron chi connectivity index (χ4n) is 1.88. The van der Waals surface area contributed by atoms with Crippen molar-refractivity contribution in [3.63, 3.8) is 0 Å². The van der Waals surface area contributed by atoms with Gasteiger partial charge < -0.3 is 9.47 Å². The van der Waals surface area contributed by atoms with Crippen LogP contribution >= 0.6 is 0 Å². The van der Waals surface area contributed by atoms with Crippen molar-refractivity contribution in [1.82, 2.24) is 0 Å². The molecule has 0 aromatic heterocycles. The first kappa shape index (κ1) is 20.6. The van der Waals surface area contributed by atoms with E-state index in [1.807, 2.05) is 20.8 Å². The average molecular weight is 310 g/mol. The van der Waals surface area contributed by atoms with Crippen molar-refractivity contribution in [2.45, 2.75) is 72.0 Å². The molecule has 0 saturated heterocycles. The van der Waals surface area contributed by atoms with E-state index in [1.54, 1.807) is 20.8 Å². The molecule has 0 N–H and O–H groups in total. The Kier molecular flexibility index (Phi) is 7.74. The number of ether oxygens (including phenoxy) is 2. The number of rotatable bonds is 10. The molecule has 0 fully saturated rings. The SMILES string of the molecule is C=C(C)C(=O)OC(C)(CC)CCOC(C)(CC)C(=O)C(=C)C. The molecule has 0 aliphatic rings. The molecule has 0 rings (SSSR count). The first-order valence-corrected chi connectivity index (χ1v) is 7.74. The number of carbonyl (C=O) groups is 2. The van der Waals surface area contributed by atoms with E-state index in [0.717, 1.165) is 0 Å². The molecule has 0 aliphatic heterocycles. The van der Waals surface area contributed by atoms with Crippen LogP contribution in [0.2, 0.25) is 0 Å². The van der Waals surface area contributed by atoms with E-state index >= 15 is 0 Å². The smallest absolute Gasteiger partial charge is 0.333 e. The van der Waals surface area contributed by atoms with Crippen molar-refractivity contribution in [2.24, 2.45) is 0 Å². The number of carbonyl (C=O) groups excluding carboxylic acids is 2. The monoisotopic (exact) mass is 310 g/mol. The van der Waals surface area contributed by atoms with Gasteiger partial charge in [-0.25, -0.2) is 4.79 Å². The summed E-state index contributed by atoms with van der Waals surface area (Å²) in [5, 5.41) is 0. The first-order valence-electron chi connectivity index (χ1n) is 7.74. The highest BCUT2D eigenvalue weighted by Crippen LogP contribution is 2.25. The Morgan fingerprint density at radius 2 is 1.55 bits per heavy atom. The van der Waals surface area contributed by atoms with Crippen LogP contribution < -0.4 is 0 Å². The lowest BCUT2D eigenvalue weighted by Crippen LogP contribution is -2.40. The summed E-state index contributed by atoms with van der Waals surface area (Å²) in [5.41, 5.74) is -0.650. The van der Waals surface area contributed by atoms with Gasteiger partial charge in [0.1, 0.15) is 11.2 Å². The maximum atomic E-state index is 12.2. The molecule has 4 nitrogen and oxygen atoms in total. The maximum Gasteiger partial charge on any atom is 0.333 e. The Bertz CT molecular complexity index is 452. The Hall–Kier alpha value is -1.42. The zero-order chi connectivity index (χ0) is 17.6. The molecule has 0 aromatic carbocycles. The Morgan fingerprint density at radius 3 is 1.91 bits per heavy atom. The van der Waals surface area contributed by atoms with Crippen molar-refractivity contribution in [2.75, 3.05) is 6.61 Å². The molecule has 0 bridgehead atoms. The number of esters is 1. The molecule has 22 heavy (non-hydrogen) atoms. The predicted octanol–water partition coefficient (Wildman–Crippen LogP) is 4.00. The molecule has 0 radical (unpaired) electrons. The van der Waals surface area contributed by atoms with E-state index in [-0.39, 0.29) is 5.78 Å². The van der Waals surface area contributed by atoms with Gasteiger partial charge in [0.05, 0.1) is 6.61 Å². The minimum Gasteiger partial charge on any atom is -0.456 e. The normalized spacial score (nSPS) is 16.3. The molecule has 4 heteroatoms. The summed E-state index contributed by atoms with van der Waals surface area (Å²) in [6, 6.07) is 0. The quantitative estimate of drug-likeness (QED) is 0.452. The van der Waals surface area contributed by atoms with Crippen LogP contribution in [-0.2, 0) is 19.1 Å².